The maximum absolute atomic E-state index is 5.66. The van der Waals surface area contributed by atoms with Gasteiger partial charge in [-0.3, -0.25) is 0 Å². The third kappa shape index (κ3) is 3.28. The van der Waals surface area contributed by atoms with E-state index in [9.17, 15) is 0 Å². The van der Waals surface area contributed by atoms with Gasteiger partial charge in [-0.15, -0.1) is 0 Å². The van der Waals surface area contributed by atoms with Crippen molar-refractivity contribution >= 4 is 0 Å². The molecule has 0 aromatic heterocycles. The molecule has 0 unspecified atom stereocenters. The molecule has 1 fully saturated rings. The molecule has 0 N–H and O–H groups in total. The quantitative estimate of drug-likeness (QED) is 0.660. The third-order valence-corrected chi connectivity index (χ3v) is 2.44. The molecule has 0 radical (unpaired) electrons. The highest BCUT2D eigenvalue weighted by atomic mass is 16.7. The zero-order chi connectivity index (χ0) is 10.1. The largest absolute Gasteiger partial charge is 0.350 e. The molecule has 0 aliphatic carbocycles. The lowest BCUT2D eigenvalue weighted by Crippen LogP contribution is -2.45. The van der Waals surface area contributed by atoms with Crippen LogP contribution in [0.5, 0.6) is 0 Å². The highest BCUT2D eigenvalue weighted by Gasteiger charge is 2.36. The molecule has 0 aromatic rings. The van der Waals surface area contributed by atoms with Crippen molar-refractivity contribution in [3.63, 3.8) is 0 Å². The zero-order valence-corrected chi connectivity index (χ0v) is 9.52. The Bertz CT molecular complexity index is 163. The van der Waals surface area contributed by atoms with E-state index in [0.29, 0.717) is 5.92 Å². The first-order valence-electron chi connectivity index (χ1n) is 5.11. The van der Waals surface area contributed by atoms with E-state index in [1.807, 2.05) is 13.8 Å². The maximum atomic E-state index is 5.66. The summed E-state index contributed by atoms with van der Waals surface area (Å²) in [5.41, 5.74) is 0.212. The van der Waals surface area contributed by atoms with Gasteiger partial charge in [-0.1, -0.05) is 20.8 Å². The Morgan fingerprint density at radius 3 is 1.92 bits per heavy atom. The van der Waals surface area contributed by atoms with Gasteiger partial charge in [-0.05, 0) is 26.2 Å². The van der Waals surface area contributed by atoms with Gasteiger partial charge in [0.15, 0.2) is 5.79 Å². The SMILES string of the molecule is CC(C)CC1(C)COC(C)(C)OC1. The molecule has 1 aliphatic heterocycles. The van der Waals surface area contributed by atoms with E-state index in [0.717, 1.165) is 13.2 Å². The summed E-state index contributed by atoms with van der Waals surface area (Å²) in [6, 6.07) is 0. The Morgan fingerprint density at radius 2 is 1.54 bits per heavy atom. The second kappa shape index (κ2) is 3.58. The molecule has 0 amide bonds. The minimum absolute atomic E-state index is 0.212. The second-order valence-corrected chi connectivity index (χ2v) is 5.39. The van der Waals surface area contributed by atoms with E-state index < -0.39 is 0 Å². The Balaban J connectivity index is 2.47. The summed E-state index contributed by atoms with van der Waals surface area (Å²) in [5, 5.41) is 0. The van der Waals surface area contributed by atoms with Crippen LogP contribution in [-0.4, -0.2) is 19.0 Å². The van der Waals surface area contributed by atoms with E-state index >= 15 is 0 Å². The van der Waals surface area contributed by atoms with Crippen molar-refractivity contribution in [2.24, 2.45) is 11.3 Å². The highest BCUT2D eigenvalue weighted by molar-refractivity contribution is 4.80. The van der Waals surface area contributed by atoms with Crippen LogP contribution in [0.1, 0.15) is 41.0 Å². The summed E-state index contributed by atoms with van der Waals surface area (Å²) in [7, 11) is 0. The summed E-state index contributed by atoms with van der Waals surface area (Å²) in [6.45, 7) is 12.3. The van der Waals surface area contributed by atoms with Crippen molar-refractivity contribution in [3.05, 3.63) is 0 Å². The Hall–Kier alpha value is -0.0800. The van der Waals surface area contributed by atoms with E-state index in [4.69, 9.17) is 9.47 Å². The fourth-order valence-electron chi connectivity index (χ4n) is 1.88. The number of hydrogen-bond acceptors (Lipinski definition) is 2. The van der Waals surface area contributed by atoms with Crippen LogP contribution in [0, 0.1) is 11.3 Å². The fourth-order valence-corrected chi connectivity index (χ4v) is 1.88. The lowest BCUT2D eigenvalue weighted by atomic mass is 9.83. The van der Waals surface area contributed by atoms with Crippen molar-refractivity contribution in [1.82, 2.24) is 0 Å². The van der Waals surface area contributed by atoms with Gasteiger partial charge >= 0.3 is 0 Å². The molecule has 1 aliphatic rings. The molecular formula is C11H22O2. The van der Waals surface area contributed by atoms with Crippen LogP contribution in [0.4, 0.5) is 0 Å². The maximum Gasteiger partial charge on any atom is 0.162 e. The summed E-state index contributed by atoms with van der Waals surface area (Å²) in [4.78, 5) is 0. The summed E-state index contributed by atoms with van der Waals surface area (Å²) >= 11 is 0. The first kappa shape index (κ1) is 11.0. The van der Waals surface area contributed by atoms with Crippen molar-refractivity contribution < 1.29 is 9.47 Å². The molecule has 0 aromatic carbocycles. The summed E-state index contributed by atoms with van der Waals surface area (Å²) in [5.74, 6) is 0.328. The van der Waals surface area contributed by atoms with Gasteiger partial charge in [-0.25, -0.2) is 0 Å². The topological polar surface area (TPSA) is 18.5 Å². The molecule has 2 nitrogen and oxygen atoms in total. The molecule has 1 heterocycles. The number of hydrogen-bond donors (Lipinski definition) is 0. The molecule has 13 heavy (non-hydrogen) atoms. The average Bonchev–Trinajstić information content (AvgIpc) is 1.95. The lowest BCUT2D eigenvalue weighted by molar-refractivity contribution is -0.284. The smallest absolute Gasteiger partial charge is 0.162 e. The molecule has 2 heteroatoms. The van der Waals surface area contributed by atoms with Crippen LogP contribution < -0.4 is 0 Å². The van der Waals surface area contributed by atoms with Crippen LogP contribution in [0.15, 0.2) is 0 Å². The Morgan fingerprint density at radius 1 is 1.08 bits per heavy atom. The Labute approximate surface area is 81.6 Å². The fraction of sp³-hybridized carbons (Fsp3) is 1.00. The Kier molecular flexibility index (Phi) is 3.03. The monoisotopic (exact) mass is 186 g/mol. The predicted molar refractivity (Wildman–Crippen MR) is 53.5 cm³/mol. The minimum atomic E-state index is -0.378. The van der Waals surface area contributed by atoms with Crippen LogP contribution in [0.25, 0.3) is 0 Å². The summed E-state index contributed by atoms with van der Waals surface area (Å²) in [6.07, 6.45) is 1.17. The molecular weight excluding hydrogens is 164 g/mol. The second-order valence-electron chi connectivity index (χ2n) is 5.39. The van der Waals surface area contributed by atoms with E-state index in [1.54, 1.807) is 0 Å². The van der Waals surface area contributed by atoms with Gasteiger partial charge in [0.05, 0.1) is 13.2 Å². The van der Waals surface area contributed by atoms with Crippen molar-refractivity contribution in [2.45, 2.75) is 46.8 Å². The molecule has 0 bridgehead atoms. The predicted octanol–water partition coefficient (Wildman–Crippen LogP) is 2.82. The van der Waals surface area contributed by atoms with E-state index in [1.165, 1.54) is 6.42 Å². The third-order valence-electron chi connectivity index (χ3n) is 2.44. The first-order chi connectivity index (χ1) is 5.83. The van der Waals surface area contributed by atoms with Crippen molar-refractivity contribution in [1.29, 1.82) is 0 Å². The van der Waals surface area contributed by atoms with Gasteiger partial charge in [0.25, 0.3) is 0 Å². The molecule has 1 rings (SSSR count). The molecule has 1 saturated heterocycles. The van der Waals surface area contributed by atoms with Gasteiger partial charge in [0, 0.05) is 5.41 Å². The van der Waals surface area contributed by atoms with E-state index in [-0.39, 0.29) is 11.2 Å². The summed E-state index contributed by atoms with van der Waals surface area (Å²) < 4.78 is 11.3. The van der Waals surface area contributed by atoms with Gasteiger partial charge in [0.1, 0.15) is 0 Å². The van der Waals surface area contributed by atoms with Gasteiger partial charge < -0.3 is 9.47 Å². The lowest BCUT2D eigenvalue weighted by Gasteiger charge is -2.42. The number of rotatable bonds is 2. The average molecular weight is 186 g/mol. The van der Waals surface area contributed by atoms with Crippen molar-refractivity contribution in [3.8, 4) is 0 Å². The zero-order valence-electron chi connectivity index (χ0n) is 9.52. The molecule has 0 saturated carbocycles. The molecule has 0 atom stereocenters. The molecule has 78 valence electrons. The minimum Gasteiger partial charge on any atom is -0.350 e. The number of ether oxygens (including phenoxy) is 2. The highest BCUT2D eigenvalue weighted by Crippen LogP contribution is 2.34. The van der Waals surface area contributed by atoms with Gasteiger partial charge in [-0.2, -0.15) is 0 Å². The van der Waals surface area contributed by atoms with Crippen LogP contribution in [0.3, 0.4) is 0 Å². The van der Waals surface area contributed by atoms with Crippen LogP contribution >= 0.6 is 0 Å². The van der Waals surface area contributed by atoms with Crippen LogP contribution in [-0.2, 0) is 9.47 Å². The normalized spacial score (nSPS) is 26.3. The molecule has 0 spiro atoms. The first-order valence-corrected chi connectivity index (χ1v) is 5.11. The van der Waals surface area contributed by atoms with Crippen molar-refractivity contribution in [2.75, 3.05) is 13.2 Å². The van der Waals surface area contributed by atoms with Gasteiger partial charge in [0.2, 0.25) is 0 Å². The van der Waals surface area contributed by atoms with E-state index in [2.05, 4.69) is 20.8 Å². The van der Waals surface area contributed by atoms with Crippen LogP contribution in [0.2, 0.25) is 0 Å². The standard InChI is InChI=1S/C11H22O2/c1-9(2)6-11(5)7-12-10(3,4)13-8-11/h9H,6-8H2,1-5H3.